The van der Waals surface area contributed by atoms with Crippen LogP contribution in [0, 0.1) is 0 Å². The average Bonchev–Trinajstić information content (AvgIpc) is 3.19. The Morgan fingerprint density at radius 2 is 1.65 bits per heavy atom. The van der Waals surface area contributed by atoms with E-state index in [0.717, 1.165) is 11.1 Å². The van der Waals surface area contributed by atoms with E-state index in [2.05, 4.69) is 20.1 Å². The van der Waals surface area contributed by atoms with Crippen LogP contribution in [0.2, 0.25) is 0 Å². The van der Waals surface area contributed by atoms with Crippen molar-refractivity contribution in [2.24, 2.45) is 0 Å². The number of esters is 1. The van der Waals surface area contributed by atoms with Gasteiger partial charge < -0.3 is 10.1 Å². The van der Waals surface area contributed by atoms with Crippen molar-refractivity contribution in [1.82, 2.24) is 20.1 Å². The lowest BCUT2D eigenvalue weighted by molar-refractivity contribution is 0.0600. The predicted octanol–water partition coefficient (Wildman–Crippen LogP) is 2.04. The van der Waals surface area contributed by atoms with E-state index in [-0.39, 0.29) is 5.91 Å². The fraction of sp³-hybridized carbons (Fsp3) is 0.158. The van der Waals surface area contributed by atoms with Gasteiger partial charge in [0.2, 0.25) is 0 Å². The Hall–Kier alpha value is -3.48. The van der Waals surface area contributed by atoms with Crippen molar-refractivity contribution in [1.29, 1.82) is 0 Å². The number of aromatic nitrogens is 3. The summed E-state index contributed by atoms with van der Waals surface area (Å²) in [4.78, 5) is 27.5. The molecule has 0 saturated heterocycles. The topological polar surface area (TPSA) is 86.1 Å². The molecule has 0 spiro atoms. The minimum absolute atomic E-state index is 0.201. The maximum Gasteiger partial charge on any atom is 0.337 e. The third-order valence-corrected chi connectivity index (χ3v) is 3.86. The Bertz CT molecular complexity index is 872. The first-order valence-electron chi connectivity index (χ1n) is 8.02. The molecule has 1 aromatic heterocycles. The maximum atomic E-state index is 12.2. The highest BCUT2D eigenvalue weighted by Crippen LogP contribution is 2.08. The Labute approximate surface area is 150 Å². The van der Waals surface area contributed by atoms with E-state index >= 15 is 0 Å². The second kappa shape index (κ2) is 8.06. The van der Waals surface area contributed by atoms with E-state index in [9.17, 15) is 9.59 Å². The summed E-state index contributed by atoms with van der Waals surface area (Å²) < 4.78 is 6.38. The molecule has 7 nitrogen and oxygen atoms in total. The lowest BCUT2D eigenvalue weighted by Gasteiger charge is -2.07. The quantitative estimate of drug-likeness (QED) is 0.688. The zero-order valence-corrected chi connectivity index (χ0v) is 14.3. The molecule has 132 valence electrons. The lowest BCUT2D eigenvalue weighted by Crippen LogP contribution is -2.22. The van der Waals surface area contributed by atoms with E-state index in [0.29, 0.717) is 24.2 Å². The number of rotatable bonds is 6. The van der Waals surface area contributed by atoms with Crippen LogP contribution < -0.4 is 5.32 Å². The van der Waals surface area contributed by atoms with Gasteiger partial charge in [-0.25, -0.2) is 14.5 Å². The van der Waals surface area contributed by atoms with Gasteiger partial charge in [0.15, 0.2) is 0 Å². The summed E-state index contributed by atoms with van der Waals surface area (Å²) in [6.07, 6.45) is 3.17. The van der Waals surface area contributed by atoms with Crippen LogP contribution in [-0.4, -0.2) is 33.8 Å². The van der Waals surface area contributed by atoms with E-state index < -0.39 is 5.97 Å². The molecule has 0 atom stereocenters. The molecule has 7 heteroatoms. The number of carbonyl (C=O) groups is 2. The van der Waals surface area contributed by atoms with Crippen molar-refractivity contribution in [3.8, 4) is 0 Å². The first kappa shape index (κ1) is 17.3. The number of ether oxygens (including phenoxy) is 1. The second-order valence-corrected chi connectivity index (χ2v) is 5.66. The van der Waals surface area contributed by atoms with Gasteiger partial charge in [-0.05, 0) is 35.4 Å². The van der Waals surface area contributed by atoms with Crippen molar-refractivity contribution < 1.29 is 14.3 Å². The van der Waals surface area contributed by atoms with Crippen LogP contribution >= 0.6 is 0 Å². The van der Waals surface area contributed by atoms with E-state index in [1.54, 1.807) is 35.3 Å². The molecule has 0 aliphatic heterocycles. The van der Waals surface area contributed by atoms with Crippen LogP contribution in [0.3, 0.4) is 0 Å². The average molecular weight is 350 g/mol. The van der Waals surface area contributed by atoms with Crippen molar-refractivity contribution in [3.05, 3.63) is 83.4 Å². The minimum atomic E-state index is -0.428. The number of methoxy groups -OCH3 is 1. The summed E-state index contributed by atoms with van der Waals surface area (Å²) in [6, 6.07) is 14.3. The predicted molar refractivity (Wildman–Crippen MR) is 94.5 cm³/mol. The largest absolute Gasteiger partial charge is 0.465 e. The molecule has 0 bridgehead atoms. The number of hydrogen-bond acceptors (Lipinski definition) is 5. The lowest BCUT2D eigenvalue weighted by atomic mass is 10.1. The molecule has 3 rings (SSSR count). The van der Waals surface area contributed by atoms with Crippen LogP contribution in [0.25, 0.3) is 0 Å². The van der Waals surface area contributed by atoms with Crippen molar-refractivity contribution >= 4 is 11.9 Å². The minimum Gasteiger partial charge on any atom is -0.465 e. The fourth-order valence-corrected chi connectivity index (χ4v) is 2.42. The Morgan fingerprint density at radius 1 is 1.00 bits per heavy atom. The standard InChI is InChI=1S/C19H18N4O3/c1-26-19(25)17-8-6-16(7-9-17)18(24)21-10-14-2-4-15(5-3-14)11-23-13-20-12-22-23/h2-9,12-13H,10-11H2,1H3,(H,21,24). The van der Waals surface area contributed by atoms with Gasteiger partial charge >= 0.3 is 5.97 Å². The molecule has 3 aromatic rings. The van der Waals surface area contributed by atoms with Gasteiger partial charge in [-0.3, -0.25) is 4.79 Å². The molecule has 0 unspecified atom stereocenters. The molecular formula is C19H18N4O3. The number of nitrogens with zero attached hydrogens (tertiary/aromatic N) is 3. The molecule has 0 fully saturated rings. The highest BCUT2D eigenvalue weighted by Gasteiger charge is 2.08. The Morgan fingerprint density at radius 3 is 2.27 bits per heavy atom. The normalized spacial score (nSPS) is 10.3. The maximum absolute atomic E-state index is 12.2. The van der Waals surface area contributed by atoms with Crippen LogP contribution in [0.4, 0.5) is 0 Å². The highest BCUT2D eigenvalue weighted by atomic mass is 16.5. The summed E-state index contributed by atoms with van der Waals surface area (Å²) in [5.41, 5.74) is 2.99. The first-order chi connectivity index (χ1) is 12.7. The van der Waals surface area contributed by atoms with Crippen LogP contribution in [0.1, 0.15) is 31.8 Å². The van der Waals surface area contributed by atoms with Gasteiger partial charge in [-0.2, -0.15) is 5.10 Å². The highest BCUT2D eigenvalue weighted by molar-refractivity contribution is 5.96. The Kier molecular flexibility index (Phi) is 5.38. The van der Waals surface area contributed by atoms with Crippen molar-refractivity contribution in [2.45, 2.75) is 13.1 Å². The smallest absolute Gasteiger partial charge is 0.337 e. The summed E-state index contributed by atoms with van der Waals surface area (Å²) in [5, 5.41) is 6.93. The summed E-state index contributed by atoms with van der Waals surface area (Å²) in [5.74, 6) is -0.629. The number of nitrogens with one attached hydrogen (secondary N) is 1. The molecule has 0 aliphatic carbocycles. The zero-order chi connectivity index (χ0) is 18.4. The molecule has 2 aromatic carbocycles. The Balaban J connectivity index is 1.54. The fourth-order valence-electron chi connectivity index (χ4n) is 2.42. The number of carbonyl (C=O) groups excluding carboxylic acids is 2. The molecule has 1 heterocycles. The van der Waals surface area contributed by atoms with E-state index in [4.69, 9.17) is 0 Å². The van der Waals surface area contributed by atoms with Gasteiger partial charge in [0, 0.05) is 12.1 Å². The number of hydrogen-bond donors (Lipinski definition) is 1. The van der Waals surface area contributed by atoms with Gasteiger partial charge in [-0.15, -0.1) is 0 Å². The molecule has 0 radical (unpaired) electrons. The van der Waals surface area contributed by atoms with Crippen molar-refractivity contribution in [2.75, 3.05) is 7.11 Å². The van der Waals surface area contributed by atoms with Crippen LogP contribution in [0.15, 0.2) is 61.2 Å². The first-order valence-corrected chi connectivity index (χ1v) is 8.02. The molecule has 1 N–H and O–H groups in total. The zero-order valence-electron chi connectivity index (χ0n) is 14.3. The van der Waals surface area contributed by atoms with Gasteiger partial charge in [0.25, 0.3) is 5.91 Å². The third kappa shape index (κ3) is 4.32. The van der Waals surface area contributed by atoms with Gasteiger partial charge in [0.05, 0.1) is 19.2 Å². The molecule has 0 aliphatic rings. The monoisotopic (exact) mass is 350 g/mol. The van der Waals surface area contributed by atoms with Crippen LogP contribution in [-0.2, 0) is 17.8 Å². The number of benzene rings is 2. The molecule has 1 amide bonds. The third-order valence-electron chi connectivity index (χ3n) is 3.86. The van der Waals surface area contributed by atoms with Crippen molar-refractivity contribution in [3.63, 3.8) is 0 Å². The summed E-state index contributed by atoms with van der Waals surface area (Å²) >= 11 is 0. The van der Waals surface area contributed by atoms with Crippen LogP contribution in [0.5, 0.6) is 0 Å². The SMILES string of the molecule is COC(=O)c1ccc(C(=O)NCc2ccc(Cn3cncn3)cc2)cc1. The molecule has 26 heavy (non-hydrogen) atoms. The van der Waals surface area contributed by atoms with E-state index in [1.165, 1.54) is 13.4 Å². The molecular weight excluding hydrogens is 332 g/mol. The van der Waals surface area contributed by atoms with Gasteiger partial charge in [-0.1, -0.05) is 24.3 Å². The summed E-state index contributed by atoms with van der Waals surface area (Å²) in [7, 11) is 1.32. The van der Waals surface area contributed by atoms with E-state index in [1.807, 2.05) is 24.3 Å². The summed E-state index contributed by atoms with van der Waals surface area (Å²) in [6.45, 7) is 1.07. The molecule has 0 saturated carbocycles. The second-order valence-electron chi connectivity index (χ2n) is 5.66. The van der Waals surface area contributed by atoms with Gasteiger partial charge in [0.1, 0.15) is 12.7 Å². The number of amides is 1.